The summed E-state index contributed by atoms with van der Waals surface area (Å²) in [6, 6.07) is 10.9. The molecule has 2 rings (SSSR count). The van der Waals surface area contributed by atoms with E-state index in [1.165, 1.54) is 23.1 Å². The van der Waals surface area contributed by atoms with Crippen molar-refractivity contribution in [2.75, 3.05) is 17.1 Å². The van der Waals surface area contributed by atoms with Crippen molar-refractivity contribution >= 4 is 39.1 Å². The van der Waals surface area contributed by atoms with Gasteiger partial charge in [0.25, 0.3) is 0 Å². The Labute approximate surface area is 205 Å². The molecule has 0 aromatic heterocycles. The molecule has 2 aromatic carbocycles. The maximum atomic E-state index is 13.8. The van der Waals surface area contributed by atoms with E-state index in [1.807, 2.05) is 13.8 Å². The minimum absolute atomic E-state index is 0.0272. The number of halogens is 2. The van der Waals surface area contributed by atoms with Gasteiger partial charge in [0, 0.05) is 17.6 Å². The van der Waals surface area contributed by atoms with E-state index in [-0.39, 0.29) is 24.2 Å². The van der Waals surface area contributed by atoms with Crippen LogP contribution in [0.3, 0.4) is 0 Å². The first-order valence-corrected chi connectivity index (χ1v) is 13.3. The average molecular weight is 512 g/mol. The van der Waals surface area contributed by atoms with Crippen LogP contribution >= 0.6 is 11.6 Å². The molecule has 1 N–H and O–H groups in total. The first-order chi connectivity index (χ1) is 16.0. The van der Waals surface area contributed by atoms with E-state index in [0.29, 0.717) is 17.9 Å². The number of carbonyl (C=O) groups excluding carboxylic acids is 2. The molecule has 0 radical (unpaired) electrons. The molecule has 34 heavy (non-hydrogen) atoms. The Morgan fingerprint density at radius 1 is 1.09 bits per heavy atom. The summed E-state index contributed by atoms with van der Waals surface area (Å²) < 4.78 is 39.6. The zero-order valence-electron chi connectivity index (χ0n) is 19.8. The monoisotopic (exact) mass is 511 g/mol. The van der Waals surface area contributed by atoms with Gasteiger partial charge in [-0.2, -0.15) is 0 Å². The van der Waals surface area contributed by atoms with Crippen LogP contribution in [0.15, 0.2) is 48.5 Å². The normalized spacial score (nSPS) is 13.1. The highest BCUT2D eigenvalue weighted by molar-refractivity contribution is 7.92. The highest BCUT2D eigenvalue weighted by atomic mass is 35.5. The highest BCUT2D eigenvalue weighted by Crippen LogP contribution is 2.21. The number of amides is 2. The fourth-order valence-electron chi connectivity index (χ4n) is 3.39. The number of nitrogens with one attached hydrogen (secondary N) is 1. The molecule has 10 heteroatoms. The Morgan fingerprint density at radius 3 is 2.26 bits per heavy atom. The lowest BCUT2D eigenvalue weighted by Gasteiger charge is -2.33. The number of carbonyl (C=O) groups is 2. The van der Waals surface area contributed by atoms with Gasteiger partial charge < -0.3 is 10.2 Å². The molecule has 186 valence electrons. The molecule has 0 aliphatic rings. The van der Waals surface area contributed by atoms with E-state index >= 15 is 0 Å². The van der Waals surface area contributed by atoms with E-state index < -0.39 is 34.3 Å². The van der Waals surface area contributed by atoms with Crippen LogP contribution < -0.4 is 9.62 Å². The van der Waals surface area contributed by atoms with Gasteiger partial charge in [-0.1, -0.05) is 43.6 Å². The van der Waals surface area contributed by atoms with Crippen molar-refractivity contribution in [3.8, 4) is 0 Å². The van der Waals surface area contributed by atoms with Gasteiger partial charge in [0.2, 0.25) is 21.8 Å². The van der Waals surface area contributed by atoms with E-state index in [0.717, 1.165) is 22.2 Å². The molecule has 2 aromatic rings. The second kappa shape index (κ2) is 12.2. The third kappa shape index (κ3) is 7.70. The molecule has 0 bridgehead atoms. The van der Waals surface area contributed by atoms with Gasteiger partial charge in [-0.3, -0.25) is 13.9 Å². The fraction of sp³-hybridized carbons (Fsp3) is 0.417. The minimum atomic E-state index is -3.92. The predicted molar refractivity (Wildman–Crippen MR) is 133 cm³/mol. The predicted octanol–water partition coefficient (Wildman–Crippen LogP) is 3.97. The fourth-order valence-corrected chi connectivity index (χ4v) is 4.36. The number of nitrogens with zero attached hydrogens (tertiary/aromatic N) is 2. The van der Waals surface area contributed by atoms with Crippen LogP contribution in [0, 0.1) is 5.82 Å². The maximum Gasteiger partial charge on any atom is 0.244 e. The number of hydrogen-bond donors (Lipinski definition) is 1. The van der Waals surface area contributed by atoms with Gasteiger partial charge in [0.05, 0.1) is 11.9 Å². The number of benzene rings is 2. The van der Waals surface area contributed by atoms with Crippen molar-refractivity contribution in [2.45, 2.75) is 52.2 Å². The Balaban J connectivity index is 2.43. The molecule has 2 atom stereocenters. The van der Waals surface area contributed by atoms with Crippen molar-refractivity contribution in [1.82, 2.24) is 10.2 Å². The third-order valence-electron chi connectivity index (χ3n) is 5.43. The number of hydrogen-bond acceptors (Lipinski definition) is 4. The van der Waals surface area contributed by atoms with E-state index in [9.17, 15) is 22.4 Å². The zero-order valence-corrected chi connectivity index (χ0v) is 21.4. The molecular formula is C24H31ClFN3O4S. The van der Waals surface area contributed by atoms with Crippen LogP contribution in [0.1, 0.15) is 39.2 Å². The molecule has 0 aliphatic heterocycles. The van der Waals surface area contributed by atoms with Crippen molar-refractivity contribution in [3.63, 3.8) is 0 Å². The Kier molecular flexibility index (Phi) is 9.88. The lowest BCUT2D eigenvalue weighted by Crippen LogP contribution is -2.53. The van der Waals surface area contributed by atoms with Crippen molar-refractivity contribution < 1.29 is 22.4 Å². The summed E-state index contributed by atoms with van der Waals surface area (Å²) in [7, 11) is -3.92. The summed E-state index contributed by atoms with van der Waals surface area (Å²) >= 11 is 5.98. The van der Waals surface area contributed by atoms with Gasteiger partial charge in [-0.15, -0.1) is 0 Å². The smallest absolute Gasteiger partial charge is 0.244 e. The lowest BCUT2D eigenvalue weighted by atomic mass is 10.1. The zero-order chi connectivity index (χ0) is 25.5. The summed E-state index contributed by atoms with van der Waals surface area (Å²) in [5.41, 5.74) is 0.753. The molecule has 0 heterocycles. The van der Waals surface area contributed by atoms with Crippen LogP contribution in [0.2, 0.25) is 5.02 Å². The van der Waals surface area contributed by atoms with Gasteiger partial charge in [0.15, 0.2) is 0 Å². The molecule has 7 nitrogen and oxygen atoms in total. The maximum absolute atomic E-state index is 13.8. The second-order valence-electron chi connectivity index (χ2n) is 8.14. The molecule has 2 unspecified atom stereocenters. The Hall–Kier alpha value is -2.65. The summed E-state index contributed by atoms with van der Waals surface area (Å²) in [5, 5.41) is 3.42. The van der Waals surface area contributed by atoms with E-state index in [1.54, 1.807) is 31.2 Å². The lowest BCUT2D eigenvalue weighted by molar-refractivity contribution is -0.140. The Bertz CT molecular complexity index is 1100. The Morgan fingerprint density at radius 2 is 1.74 bits per heavy atom. The van der Waals surface area contributed by atoms with Crippen LogP contribution in [0.4, 0.5) is 10.1 Å². The van der Waals surface area contributed by atoms with Gasteiger partial charge >= 0.3 is 0 Å². The summed E-state index contributed by atoms with van der Waals surface area (Å²) in [4.78, 5) is 27.9. The number of anilines is 1. The van der Waals surface area contributed by atoms with Crippen LogP contribution in [0.25, 0.3) is 0 Å². The van der Waals surface area contributed by atoms with Crippen LogP contribution in [-0.2, 0) is 26.2 Å². The summed E-state index contributed by atoms with van der Waals surface area (Å²) in [5.74, 6) is -1.54. The van der Waals surface area contributed by atoms with Crippen molar-refractivity contribution in [1.29, 1.82) is 0 Å². The summed E-state index contributed by atoms with van der Waals surface area (Å²) in [6.45, 7) is 5.08. The van der Waals surface area contributed by atoms with Crippen molar-refractivity contribution in [3.05, 3.63) is 64.9 Å². The highest BCUT2D eigenvalue weighted by Gasteiger charge is 2.32. The quantitative estimate of drug-likeness (QED) is 0.494. The largest absolute Gasteiger partial charge is 0.352 e. The minimum Gasteiger partial charge on any atom is -0.352 e. The van der Waals surface area contributed by atoms with Gasteiger partial charge in [0.1, 0.15) is 18.4 Å². The number of rotatable bonds is 11. The third-order valence-corrected chi connectivity index (χ3v) is 6.82. The molecule has 0 saturated heterocycles. The van der Waals surface area contributed by atoms with Crippen LogP contribution in [-0.4, -0.2) is 50.0 Å². The second-order valence-corrected chi connectivity index (χ2v) is 10.5. The van der Waals surface area contributed by atoms with Gasteiger partial charge in [-0.25, -0.2) is 12.8 Å². The molecular weight excluding hydrogens is 481 g/mol. The SMILES string of the molecule is CCC(C)NC(=O)C(CC)N(Cc1ccc(Cl)cc1)C(=O)CN(c1cccc(F)c1)S(C)(=O)=O. The first kappa shape index (κ1) is 27.6. The molecule has 0 saturated carbocycles. The van der Waals surface area contributed by atoms with E-state index in [4.69, 9.17) is 11.6 Å². The average Bonchev–Trinajstić information content (AvgIpc) is 2.77. The molecule has 2 amide bonds. The van der Waals surface area contributed by atoms with Crippen molar-refractivity contribution in [2.24, 2.45) is 0 Å². The van der Waals surface area contributed by atoms with Gasteiger partial charge in [-0.05, 0) is 55.7 Å². The topological polar surface area (TPSA) is 86.8 Å². The molecule has 0 spiro atoms. The molecule has 0 aliphatic carbocycles. The summed E-state index contributed by atoms with van der Waals surface area (Å²) in [6.07, 6.45) is 1.98. The standard InChI is InChI=1S/C24H31ClFN3O4S/c1-5-17(3)27-24(31)22(6-2)28(15-18-10-12-19(25)13-11-18)23(30)16-29(34(4,32)33)21-9-7-8-20(26)14-21/h7-14,17,22H,5-6,15-16H2,1-4H3,(H,27,31). The first-order valence-electron chi connectivity index (χ1n) is 11.0. The molecule has 0 fully saturated rings. The van der Waals surface area contributed by atoms with E-state index in [2.05, 4.69) is 5.32 Å². The number of sulfonamides is 1. The van der Waals surface area contributed by atoms with Crippen LogP contribution in [0.5, 0.6) is 0 Å².